The summed E-state index contributed by atoms with van der Waals surface area (Å²) in [5.74, 6) is -2.34. The smallest absolute Gasteiger partial charge is 0.219 e. The first-order chi connectivity index (χ1) is 14.3. The summed E-state index contributed by atoms with van der Waals surface area (Å²) in [5, 5.41) is 39.7. The molecule has 7 nitrogen and oxygen atoms in total. The monoisotopic (exact) mass is 418 g/mol. The molecule has 2 bridgehead atoms. The van der Waals surface area contributed by atoms with Crippen LogP contribution in [0.5, 0.6) is 5.75 Å². The molecule has 0 aliphatic carbocycles. The quantitative estimate of drug-likeness (QED) is 0.797. The number of thiophene rings is 1. The maximum atomic E-state index is 10.5. The van der Waals surface area contributed by atoms with Crippen LogP contribution >= 0.6 is 11.3 Å². The number of hydrogen-bond donors (Lipinski definition) is 1. The van der Waals surface area contributed by atoms with Crippen LogP contribution in [0.3, 0.4) is 0 Å². The van der Waals surface area contributed by atoms with Crippen LogP contribution in [0.25, 0.3) is 0 Å². The lowest BCUT2D eigenvalue weighted by atomic mass is 9.53. The number of benzene rings is 1. The van der Waals surface area contributed by atoms with Crippen molar-refractivity contribution in [3.8, 4) is 24.0 Å². The molecular weight excluding hydrogens is 400 g/mol. The van der Waals surface area contributed by atoms with E-state index in [1.807, 2.05) is 13.0 Å². The second kappa shape index (κ2) is 6.57. The summed E-state index contributed by atoms with van der Waals surface area (Å²) in [6.07, 6.45) is -1.05. The van der Waals surface area contributed by atoms with E-state index in [0.717, 1.165) is 4.88 Å². The maximum absolute atomic E-state index is 10.5. The highest BCUT2D eigenvalue weighted by atomic mass is 32.1. The number of hydrogen-bond acceptors (Lipinski definition) is 8. The van der Waals surface area contributed by atoms with E-state index < -0.39 is 34.5 Å². The minimum Gasteiger partial charge on any atom is -0.496 e. The molecule has 2 aliphatic heterocycles. The van der Waals surface area contributed by atoms with Crippen molar-refractivity contribution in [3.63, 3.8) is 0 Å². The Hall–Kier alpha value is -3.38. The topological polar surface area (TPSA) is 123 Å². The molecule has 0 radical (unpaired) electrons. The van der Waals surface area contributed by atoms with E-state index in [2.05, 4.69) is 18.2 Å². The molecule has 4 rings (SSSR count). The van der Waals surface area contributed by atoms with Crippen molar-refractivity contribution in [2.24, 2.45) is 10.8 Å². The van der Waals surface area contributed by atoms with Gasteiger partial charge in [-0.05, 0) is 25.1 Å². The largest absolute Gasteiger partial charge is 0.496 e. The van der Waals surface area contributed by atoms with Crippen molar-refractivity contribution >= 4 is 17.2 Å². The average Bonchev–Trinajstić information content (AvgIpc) is 3.25. The summed E-state index contributed by atoms with van der Waals surface area (Å²) in [6, 6.07) is 17.0. The van der Waals surface area contributed by atoms with Gasteiger partial charge in [0.25, 0.3) is 0 Å². The summed E-state index contributed by atoms with van der Waals surface area (Å²) in [4.78, 5) is 1.61. The number of nitrogens with zero attached hydrogens (tertiary/aromatic N) is 3. The van der Waals surface area contributed by atoms with Crippen molar-refractivity contribution in [2.75, 3.05) is 7.11 Å². The number of para-hydroxylation sites is 1. The number of fused-ring (bicyclic) bond motifs is 2. The third kappa shape index (κ3) is 2.22. The highest BCUT2D eigenvalue weighted by molar-refractivity contribution is 7.12. The Morgan fingerprint density at radius 2 is 1.80 bits per heavy atom. The van der Waals surface area contributed by atoms with Gasteiger partial charge in [-0.25, -0.2) is 0 Å². The Morgan fingerprint density at radius 1 is 1.10 bits per heavy atom. The molecule has 0 saturated carbocycles. The van der Waals surface area contributed by atoms with E-state index >= 15 is 0 Å². The second-order valence-corrected chi connectivity index (χ2v) is 8.84. The summed E-state index contributed by atoms with van der Waals surface area (Å²) in [5.41, 5.74) is -3.35. The van der Waals surface area contributed by atoms with E-state index in [1.54, 1.807) is 37.3 Å². The molecule has 2 aliphatic rings. The number of methoxy groups -OCH3 is 1. The zero-order valence-electron chi connectivity index (χ0n) is 16.6. The van der Waals surface area contributed by atoms with Crippen LogP contribution in [0.15, 0.2) is 36.4 Å². The summed E-state index contributed by atoms with van der Waals surface area (Å²) in [7, 11) is 1.50. The molecule has 8 heteroatoms. The Bertz CT molecular complexity index is 1160. The van der Waals surface area contributed by atoms with Crippen molar-refractivity contribution in [2.45, 2.75) is 31.7 Å². The Kier molecular flexibility index (Phi) is 4.36. The van der Waals surface area contributed by atoms with Gasteiger partial charge >= 0.3 is 0 Å². The van der Waals surface area contributed by atoms with Gasteiger partial charge in [0.2, 0.25) is 17.1 Å². The molecule has 1 N–H and O–H groups in total. The predicted molar refractivity (Wildman–Crippen MR) is 108 cm³/mol. The molecule has 30 heavy (non-hydrogen) atoms. The fraction of sp³-hybridized carbons (Fsp3) is 0.364. The standard InChI is InChI=1S/C22H18N4O3S/c1-13-8-9-16(30-13)18-21(10-23,11-24)22(12-25)17(20(2,28-18)29-19(22)26)14-6-4-5-7-15(14)27-3/h4-9,17-18,26H,1-3H3. The third-order valence-corrected chi connectivity index (χ3v) is 7.03. The van der Waals surface area contributed by atoms with E-state index in [-0.39, 0.29) is 0 Å². The molecule has 4 atom stereocenters. The molecule has 3 heterocycles. The third-order valence-electron chi connectivity index (χ3n) is 5.99. The van der Waals surface area contributed by atoms with Gasteiger partial charge < -0.3 is 14.2 Å². The summed E-state index contributed by atoms with van der Waals surface area (Å²) in [6.45, 7) is 3.55. The van der Waals surface area contributed by atoms with Gasteiger partial charge in [-0.15, -0.1) is 11.3 Å². The van der Waals surface area contributed by atoms with Crippen LogP contribution < -0.4 is 4.74 Å². The van der Waals surface area contributed by atoms with Crippen molar-refractivity contribution in [3.05, 3.63) is 51.7 Å². The molecule has 1 aromatic heterocycles. The number of nitriles is 3. The molecule has 2 aromatic rings. The first-order valence-electron chi connectivity index (χ1n) is 9.22. The molecule has 2 fully saturated rings. The zero-order chi connectivity index (χ0) is 21.7. The van der Waals surface area contributed by atoms with Gasteiger partial charge in [-0.2, -0.15) is 15.8 Å². The SMILES string of the molecule is COc1ccccc1C1C2(C)OC(=N)C1(C#N)C(C#N)(C#N)C(c1ccc(C)s1)O2. The normalized spacial score (nSPS) is 31.1. The Morgan fingerprint density at radius 3 is 2.37 bits per heavy atom. The van der Waals surface area contributed by atoms with Crippen LogP contribution in [0, 0.1) is 57.2 Å². The molecule has 4 unspecified atom stereocenters. The van der Waals surface area contributed by atoms with Crippen LogP contribution in [-0.4, -0.2) is 18.8 Å². The van der Waals surface area contributed by atoms with Gasteiger partial charge in [-0.1, -0.05) is 18.2 Å². The van der Waals surface area contributed by atoms with Crippen LogP contribution in [0.4, 0.5) is 0 Å². The summed E-state index contributed by atoms with van der Waals surface area (Å²) < 4.78 is 17.6. The van der Waals surface area contributed by atoms with E-state index in [4.69, 9.17) is 19.6 Å². The van der Waals surface area contributed by atoms with Gasteiger partial charge in [0.05, 0.1) is 31.2 Å². The Balaban J connectivity index is 2.06. The minimum absolute atomic E-state index is 0.442. The van der Waals surface area contributed by atoms with Gasteiger partial charge in [-0.3, -0.25) is 5.41 Å². The molecular formula is C22H18N4O3S. The lowest BCUT2D eigenvalue weighted by Gasteiger charge is -2.48. The fourth-order valence-electron chi connectivity index (χ4n) is 4.70. The summed E-state index contributed by atoms with van der Waals surface area (Å²) >= 11 is 1.39. The highest BCUT2D eigenvalue weighted by Gasteiger charge is 2.80. The van der Waals surface area contributed by atoms with Crippen molar-refractivity contribution in [1.82, 2.24) is 0 Å². The molecule has 2 saturated heterocycles. The van der Waals surface area contributed by atoms with Gasteiger partial charge in [0.1, 0.15) is 11.9 Å². The number of rotatable bonds is 3. The minimum atomic E-state index is -2.00. The first kappa shape index (κ1) is 19.9. The lowest BCUT2D eigenvalue weighted by Crippen LogP contribution is -2.57. The van der Waals surface area contributed by atoms with E-state index in [9.17, 15) is 15.8 Å². The molecule has 0 spiro atoms. The van der Waals surface area contributed by atoms with E-state index in [1.165, 1.54) is 18.4 Å². The van der Waals surface area contributed by atoms with Crippen LogP contribution in [0.2, 0.25) is 0 Å². The van der Waals surface area contributed by atoms with Crippen LogP contribution in [0.1, 0.15) is 34.3 Å². The van der Waals surface area contributed by atoms with Crippen molar-refractivity contribution in [1.29, 1.82) is 21.2 Å². The molecule has 150 valence electrons. The number of ether oxygens (including phenoxy) is 3. The number of aryl methyl sites for hydroxylation is 1. The number of nitrogens with one attached hydrogen (secondary N) is 1. The average molecular weight is 418 g/mol. The first-order valence-corrected chi connectivity index (χ1v) is 10.0. The molecule has 0 amide bonds. The van der Waals surface area contributed by atoms with Crippen LogP contribution in [-0.2, 0) is 9.47 Å². The van der Waals surface area contributed by atoms with Crippen molar-refractivity contribution < 1.29 is 14.2 Å². The predicted octanol–water partition coefficient (Wildman–Crippen LogP) is 4.19. The van der Waals surface area contributed by atoms with Gasteiger partial charge in [0, 0.05) is 22.2 Å². The lowest BCUT2D eigenvalue weighted by molar-refractivity contribution is -0.252. The zero-order valence-corrected chi connectivity index (χ0v) is 17.4. The van der Waals surface area contributed by atoms with Gasteiger partial charge in [0.15, 0.2) is 5.41 Å². The Labute approximate surface area is 178 Å². The molecule has 1 aromatic carbocycles. The van der Waals surface area contributed by atoms with E-state index in [0.29, 0.717) is 16.2 Å². The second-order valence-electron chi connectivity index (χ2n) is 7.52. The highest BCUT2D eigenvalue weighted by Crippen LogP contribution is 2.70. The fourth-order valence-corrected chi connectivity index (χ4v) is 5.68. The maximum Gasteiger partial charge on any atom is 0.219 e.